The normalized spacial score (nSPS) is 22.1. The van der Waals surface area contributed by atoms with Gasteiger partial charge in [0.1, 0.15) is 5.82 Å². The Morgan fingerprint density at radius 2 is 2.07 bits per heavy atom. The van der Waals surface area contributed by atoms with Crippen LogP contribution in [0.5, 0.6) is 0 Å². The molecule has 2 aliphatic rings. The summed E-state index contributed by atoms with van der Waals surface area (Å²) in [7, 11) is 0. The van der Waals surface area contributed by atoms with Gasteiger partial charge in [-0.3, -0.25) is 9.69 Å². The lowest BCUT2D eigenvalue weighted by molar-refractivity contribution is -0.209. The molecule has 0 saturated carbocycles. The Morgan fingerprint density at radius 1 is 1.23 bits per heavy atom. The molecule has 5 nitrogen and oxygen atoms in total. The Bertz CT molecular complexity index is 919. The maximum Gasteiger partial charge on any atom is 0.244 e. The summed E-state index contributed by atoms with van der Waals surface area (Å²) in [5.41, 5.74) is 3.14. The van der Waals surface area contributed by atoms with Crippen molar-refractivity contribution >= 4 is 21.8 Å². The van der Waals surface area contributed by atoms with Crippen molar-refractivity contribution in [2.45, 2.75) is 18.8 Å². The number of halogens is 2. The Kier molecular flexibility index (Phi) is 6.94. The molecule has 0 bridgehead atoms. The van der Waals surface area contributed by atoms with Crippen molar-refractivity contribution < 1.29 is 18.7 Å². The molecule has 1 fully saturated rings. The maximum atomic E-state index is 13.5. The molecule has 0 aliphatic carbocycles. The Morgan fingerprint density at radius 3 is 2.80 bits per heavy atom. The number of carbonyl (C=O) groups is 1. The Labute approximate surface area is 184 Å². The van der Waals surface area contributed by atoms with E-state index in [-0.39, 0.29) is 17.8 Å². The fraction of sp³-hybridized carbons (Fsp3) is 0.348. The molecule has 0 spiro atoms. The number of rotatable bonds is 7. The standard InChI is InChI=1S/C23H24BrFN2O3/c24-19-3-1-2-16(12-19)8-10-29-23-22(18-4-6-20(25)7-5-18)27(9-11-30-23)15-17-13-21(28)26-14-17/h1-7,12-13,22-23H,8-11,14-15H2,(H,26,28)/t22-,23+/m0/s1. The number of hydrogen-bond donors (Lipinski definition) is 1. The maximum absolute atomic E-state index is 13.5. The van der Waals surface area contributed by atoms with Crippen molar-refractivity contribution in [3.63, 3.8) is 0 Å². The van der Waals surface area contributed by atoms with Gasteiger partial charge in [0.25, 0.3) is 0 Å². The zero-order chi connectivity index (χ0) is 20.9. The quantitative estimate of drug-likeness (QED) is 0.665. The number of amides is 1. The molecular weight excluding hydrogens is 451 g/mol. The van der Waals surface area contributed by atoms with Crippen LogP contribution >= 0.6 is 15.9 Å². The average Bonchev–Trinajstić information content (AvgIpc) is 3.14. The predicted molar refractivity (Wildman–Crippen MR) is 115 cm³/mol. The monoisotopic (exact) mass is 474 g/mol. The highest BCUT2D eigenvalue weighted by atomic mass is 79.9. The van der Waals surface area contributed by atoms with Crippen LogP contribution in [-0.2, 0) is 20.7 Å². The molecule has 1 N–H and O–H groups in total. The molecule has 0 unspecified atom stereocenters. The molecule has 2 aromatic rings. The third-order valence-corrected chi connectivity index (χ3v) is 5.81. The second kappa shape index (κ2) is 9.83. The fourth-order valence-electron chi connectivity index (χ4n) is 3.87. The fourth-order valence-corrected chi connectivity index (χ4v) is 4.32. The highest BCUT2D eigenvalue weighted by Crippen LogP contribution is 2.31. The van der Waals surface area contributed by atoms with Gasteiger partial charge < -0.3 is 14.8 Å². The van der Waals surface area contributed by atoms with Crippen LogP contribution in [0.25, 0.3) is 0 Å². The summed E-state index contributed by atoms with van der Waals surface area (Å²) >= 11 is 3.49. The van der Waals surface area contributed by atoms with E-state index in [9.17, 15) is 9.18 Å². The molecule has 2 atom stereocenters. The van der Waals surface area contributed by atoms with E-state index in [4.69, 9.17) is 9.47 Å². The van der Waals surface area contributed by atoms with Crippen LogP contribution in [0.4, 0.5) is 4.39 Å². The number of morpholine rings is 1. The summed E-state index contributed by atoms with van der Waals surface area (Å²) in [6.07, 6.45) is 1.95. The zero-order valence-electron chi connectivity index (χ0n) is 16.5. The third kappa shape index (κ3) is 5.35. The lowest BCUT2D eigenvalue weighted by Crippen LogP contribution is -2.47. The van der Waals surface area contributed by atoms with Gasteiger partial charge in [-0.05, 0) is 47.4 Å². The van der Waals surface area contributed by atoms with Crippen molar-refractivity contribution in [1.29, 1.82) is 0 Å². The molecule has 30 heavy (non-hydrogen) atoms. The molecule has 1 saturated heterocycles. The lowest BCUT2D eigenvalue weighted by Gasteiger charge is -2.41. The molecule has 0 aromatic heterocycles. The Hall–Kier alpha value is -2.06. The van der Waals surface area contributed by atoms with Crippen molar-refractivity contribution in [3.8, 4) is 0 Å². The van der Waals surface area contributed by atoms with Gasteiger partial charge in [-0.25, -0.2) is 4.39 Å². The van der Waals surface area contributed by atoms with E-state index < -0.39 is 6.29 Å². The van der Waals surface area contributed by atoms with Crippen LogP contribution < -0.4 is 5.32 Å². The summed E-state index contributed by atoms with van der Waals surface area (Å²) in [5, 5.41) is 2.82. The van der Waals surface area contributed by atoms with E-state index in [0.29, 0.717) is 32.8 Å². The van der Waals surface area contributed by atoms with Crippen LogP contribution in [-0.4, -0.2) is 49.9 Å². The van der Waals surface area contributed by atoms with E-state index in [0.717, 1.165) is 22.0 Å². The molecule has 0 radical (unpaired) electrons. The molecule has 4 rings (SSSR count). The smallest absolute Gasteiger partial charge is 0.244 e. The van der Waals surface area contributed by atoms with E-state index in [2.05, 4.69) is 38.3 Å². The zero-order valence-corrected chi connectivity index (χ0v) is 18.1. The number of ether oxygens (including phenoxy) is 2. The predicted octanol–water partition coefficient (Wildman–Crippen LogP) is 3.60. The van der Waals surface area contributed by atoms with Gasteiger partial charge in [0, 0.05) is 30.2 Å². The first kappa shape index (κ1) is 21.2. The highest BCUT2D eigenvalue weighted by Gasteiger charge is 2.35. The van der Waals surface area contributed by atoms with Crippen LogP contribution in [0.15, 0.2) is 64.7 Å². The summed E-state index contributed by atoms with van der Waals surface area (Å²) in [5.74, 6) is -0.333. The summed E-state index contributed by atoms with van der Waals surface area (Å²) in [6, 6.07) is 14.4. The summed E-state index contributed by atoms with van der Waals surface area (Å²) in [6.45, 7) is 2.94. The molecule has 2 heterocycles. The van der Waals surface area contributed by atoms with Crippen LogP contribution in [0, 0.1) is 5.82 Å². The Balaban J connectivity index is 1.48. The molecule has 2 aromatic carbocycles. The summed E-state index contributed by atoms with van der Waals surface area (Å²) in [4.78, 5) is 13.8. The van der Waals surface area contributed by atoms with Crippen LogP contribution in [0.3, 0.4) is 0 Å². The van der Waals surface area contributed by atoms with Gasteiger partial charge in [-0.15, -0.1) is 0 Å². The topological polar surface area (TPSA) is 50.8 Å². The second-order valence-corrected chi connectivity index (χ2v) is 8.39. The highest BCUT2D eigenvalue weighted by molar-refractivity contribution is 9.10. The van der Waals surface area contributed by atoms with Crippen LogP contribution in [0.2, 0.25) is 0 Å². The van der Waals surface area contributed by atoms with E-state index in [1.807, 2.05) is 12.1 Å². The first-order chi connectivity index (χ1) is 14.6. The molecule has 2 aliphatic heterocycles. The summed E-state index contributed by atoms with van der Waals surface area (Å²) < 4.78 is 26.7. The van der Waals surface area contributed by atoms with Crippen molar-refractivity contribution in [3.05, 3.63) is 81.6 Å². The molecule has 158 valence electrons. The van der Waals surface area contributed by atoms with Crippen molar-refractivity contribution in [2.75, 3.05) is 32.8 Å². The average molecular weight is 475 g/mol. The minimum Gasteiger partial charge on any atom is -0.350 e. The van der Waals surface area contributed by atoms with Gasteiger partial charge in [0.15, 0.2) is 6.29 Å². The molecule has 7 heteroatoms. The minimum atomic E-state index is -0.470. The first-order valence-corrected chi connectivity index (χ1v) is 10.8. The van der Waals surface area contributed by atoms with Gasteiger partial charge >= 0.3 is 0 Å². The number of benzene rings is 2. The number of nitrogens with zero attached hydrogens (tertiary/aromatic N) is 1. The first-order valence-electron chi connectivity index (χ1n) is 10.0. The van der Waals surface area contributed by atoms with Gasteiger partial charge in [-0.1, -0.05) is 40.2 Å². The molecular formula is C23H24BrFN2O3. The van der Waals surface area contributed by atoms with Crippen LogP contribution in [0.1, 0.15) is 17.2 Å². The van der Waals surface area contributed by atoms with Gasteiger partial charge in [0.2, 0.25) is 5.91 Å². The minimum absolute atomic E-state index is 0.0570. The van der Waals surface area contributed by atoms with E-state index >= 15 is 0 Å². The van der Waals surface area contributed by atoms with E-state index in [1.54, 1.807) is 18.2 Å². The number of carbonyl (C=O) groups excluding carboxylic acids is 1. The third-order valence-electron chi connectivity index (χ3n) is 5.32. The number of hydrogen-bond acceptors (Lipinski definition) is 4. The largest absolute Gasteiger partial charge is 0.350 e. The second-order valence-electron chi connectivity index (χ2n) is 7.48. The van der Waals surface area contributed by atoms with Gasteiger partial charge in [0.05, 0.1) is 19.3 Å². The lowest BCUT2D eigenvalue weighted by atomic mass is 10.0. The SMILES string of the molecule is O=C1C=C(CN2CCO[C@@H](OCCc3cccc(Br)c3)[C@@H]2c2ccc(F)cc2)CN1. The van der Waals surface area contributed by atoms with Crippen molar-refractivity contribution in [1.82, 2.24) is 10.2 Å². The van der Waals surface area contributed by atoms with E-state index in [1.165, 1.54) is 17.7 Å². The molecule has 1 amide bonds. The van der Waals surface area contributed by atoms with Crippen molar-refractivity contribution in [2.24, 2.45) is 0 Å². The number of nitrogens with one attached hydrogen (secondary N) is 1. The van der Waals surface area contributed by atoms with Gasteiger partial charge in [-0.2, -0.15) is 0 Å².